The van der Waals surface area contributed by atoms with E-state index in [9.17, 15) is 41.0 Å². The van der Waals surface area contributed by atoms with E-state index in [0.29, 0.717) is 29.9 Å². The van der Waals surface area contributed by atoms with Crippen LogP contribution in [0.4, 0.5) is 26.3 Å². The first-order valence-electron chi connectivity index (χ1n) is 14.9. The van der Waals surface area contributed by atoms with Crippen molar-refractivity contribution in [2.45, 2.75) is 43.3 Å². The van der Waals surface area contributed by atoms with Gasteiger partial charge in [0.15, 0.2) is 0 Å². The molecule has 0 aliphatic rings. The largest absolute Gasteiger partial charge is 0.508 e. The van der Waals surface area contributed by atoms with Crippen molar-refractivity contribution in [3.05, 3.63) is 125 Å². The highest BCUT2D eigenvalue weighted by atomic mass is 19.4. The van der Waals surface area contributed by atoms with Crippen molar-refractivity contribution < 1.29 is 65.1 Å². The Hall–Kier alpha value is -5.24. The van der Waals surface area contributed by atoms with Gasteiger partial charge in [-0.1, -0.05) is 66.7 Å². The monoisotopic (exact) mass is 708 g/mol. The summed E-state index contributed by atoms with van der Waals surface area (Å²) in [6, 6.07) is 25.1. The lowest BCUT2D eigenvalue weighted by molar-refractivity contribution is -0.376. The van der Waals surface area contributed by atoms with Crippen LogP contribution in [0.1, 0.15) is 22.3 Å². The molecule has 0 amide bonds. The van der Waals surface area contributed by atoms with Gasteiger partial charge in [-0.25, -0.2) is 0 Å². The van der Waals surface area contributed by atoms with Gasteiger partial charge in [0.1, 0.15) is 30.0 Å². The van der Waals surface area contributed by atoms with Gasteiger partial charge in [0.05, 0.1) is 27.1 Å². The molecule has 0 aromatic heterocycles. The van der Waals surface area contributed by atoms with Crippen molar-refractivity contribution in [3.63, 3.8) is 0 Å². The lowest BCUT2D eigenvalue weighted by Gasteiger charge is -2.32. The van der Waals surface area contributed by atoms with Crippen LogP contribution in [-0.4, -0.2) is 61.4 Å². The quantitative estimate of drug-likeness (QED) is 0.121. The third-order valence-electron chi connectivity index (χ3n) is 7.15. The number of hydrogen-bond acceptors (Lipinski definition) is 8. The van der Waals surface area contributed by atoms with E-state index < -0.39 is 35.6 Å². The molecule has 1 atom stereocenters. The summed E-state index contributed by atoms with van der Waals surface area (Å²) in [5.41, 5.74) is -4.01. The van der Waals surface area contributed by atoms with E-state index in [2.05, 4.69) is 9.47 Å². The molecule has 0 aliphatic heterocycles. The molecule has 8 nitrogen and oxygen atoms in total. The molecule has 2 N–H and O–H groups in total. The van der Waals surface area contributed by atoms with E-state index >= 15 is 0 Å². The molecule has 0 unspecified atom stereocenters. The minimum Gasteiger partial charge on any atom is -0.508 e. The molecule has 4 aromatic rings. The first-order chi connectivity index (χ1) is 23.5. The van der Waals surface area contributed by atoms with Crippen LogP contribution in [0.15, 0.2) is 103 Å². The molecule has 0 radical (unpaired) electrons. The molecule has 50 heavy (non-hydrogen) atoms. The van der Waals surface area contributed by atoms with Crippen molar-refractivity contribution >= 4 is 11.9 Å². The van der Waals surface area contributed by atoms with Crippen molar-refractivity contribution in [2.24, 2.45) is 0 Å². The molecule has 0 saturated carbocycles. The predicted molar refractivity (Wildman–Crippen MR) is 168 cm³/mol. The van der Waals surface area contributed by atoms with E-state index in [4.69, 9.17) is 14.6 Å². The number of carbonyl (C=O) groups excluding carboxylic acids is 2. The van der Waals surface area contributed by atoms with Crippen LogP contribution in [0.25, 0.3) is 0 Å². The standard InChI is InChI=1S/C27H24F6O5.C9H10O3/c1-36-24(34)16-19-7-11-21(12-8-19)37-17-23(15-18-5-3-2-4-6-18)38-22-13-9-20(10-14-22)25(35,26(28,29)30)27(31,32)33;1-12-9(11)6-7-2-4-8(10)5-3-7/h2-14,23,35H,15-17H2,1H3;2-5,10H,6H2,1H3/t23-;/m1./s1. The number of aliphatic hydroxyl groups is 1. The number of rotatable bonds is 12. The Bertz CT molecular complexity index is 1630. The number of carbonyl (C=O) groups is 2. The molecule has 4 aromatic carbocycles. The second-order valence-electron chi connectivity index (χ2n) is 10.8. The fourth-order valence-electron chi connectivity index (χ4n) is 4.45. The molecule has 268 valence electrons. The molecule has 4 rings (SSSR count). The number of hydrogen-bond donors (Lipinski definition) is 2. The van der Waals surface area contributed by atoms with Crippen molar-refractivity contribution in [2.75, 3.05) is 20.8 Å². The molecular formula is C36H34F6O8. The van der Waals surface area contributed by atoms with Gasteiger partial charge >= 0.3 is 24.3 Å². The van der Waals surface area contributed by atoms with Gasteiger partial charge in [-0.05, 0) is 53.1 Å². The zero-order chi connectivity index (χ0) is 37.0. The van der Waals surface area contributed by atoms with Crippen LogP contribution in [0.2, 0.25) is 0 Å². The summed E-state index contributed by atoms with van der Waals surface area (Å²) in [6.07, 6.45) is -12.0. The summed E-state index contributed by atoms with van der Waals surface area (Å²) in [5.74, 6) is -0.0383. The number of halogens is 6. The molecule has 0 aliphatic carbocycles. The van der Waals surface area contributed by atoms with E-state index in [0.717, 1.165) is 23.3 Å². The molecule has 0 bridgehead atoms. The first kappa shape index (κ1) is 39.2. The summed E-state index contributed by atoms with van der Waals surface area (Å²) >= 11 is 0. The van der Waals surface area contributed by atoms with Crippen LogP contribution in [0.5, 0.6) is 17.2 Å². The topological polar surface area (TPSA) is 112 Å². The zero-order valence-electron chi connectivity index (χ0n) is 26.8. The normalized spacial score (nSPS) is 12.2. The van der Waals surface area contributed by atoms with E-state index in [-0.39, 0.29) is 36.9 Å². The van der Waals surface area contributed by atoms with Gasteiger partial charge in [-0.2, -0.15) is 26.3 Å². The third kappa shape index (κ3) is 11.2. The van der Waals surface area contributed by atoms with Gasteiger partial charge < -0.3 is 29.2 Å². The summed E-state index contributed by atoms with van der Waals surface area (Å²) in [5, 5.41) is 18.5. The number of benzene rings is 4. The number of phenolic OH excluding ortho intramolecular Hbond substituents is 1. The van der Waals surface area contributed by atoms with Crippen molar-refractivity contribution in [3.8, 4) is 17.2 Å². The molecule has 0 saturated heterocycles. The Morgan fingerprint density at radius 3 is 1.56 bits per heavy atom. The minimum atomic E-state index is -5.98. The molecule has 14 heteroatoms. The minimum absolute atomic E-state index is 0.0119. The van der Waals surface area contributed by atoms with Crippen LogP contribution in [0, 0.1) is 0 Å². The molecule has 0 spiro atoms. The Kier molecular flexibility index (Phi) is 13.7. The average molecular weight is 709 g/mol. The summed E-state index contributed by atoms with van der Waals surface area (Å²) in [4.78, 5) is 22.2. The fraction of sp³-hybridized carbons (Fsp3) is 0.278. The fourth-order valence-corrected chi connectivity index (χ4v) is 4.45. The third-order valence-corrected chi connectivity index (χ3v) is 7.15. The number of ether oxygens (including phenoxy) is 4. The maximum Gasteiger partial charge on any atom is 0.430 e. The Morgan fingerprint density at radius 2 is 1.10 bits per heavy atom. The van der Waals surface area contributed by atoms with E-state index in [1.54, 1.807) is 48.5 Å². The highest BCUT2D eigenvalue weighted by molar-refractivity contribution is 5.72. The SMILES string of the molecule is COC(=O)Cc1ccc(O)cc1.COC(=O)Cc1ccc(OC[C@@H](Cc2ccccc2)Oc2ccc(C(O)(C(F)(F)F)C(F)(F)F)cc2)cc1. The van der Waals surface area contributed by atoms with Gasteiger partial charge in [0, 0.05) is 12.0 Å². The van der Waals surface area contributed by atoms with Crippen LogP contribution < -0.4 is 9.47 Å². The summed E-state index contributed by atoms with van der Waals surface area (Å²) in [6.45, 7) is -0.0119. The van der Waals surface area contributed by atoms with Gasteiger partial charge in [-0.15, -0.1) is 0 Å². The van der Waals surface area contributed by atoms with Crippen LogP contribution in [-0.2, 0) is 43.9 Å². The number of esters is 2. The second kappa shape index (κ2) is 17.4. The smallest absolute Gasteiger partial charge is 0.430 e. The van der Waals surface area contributed by atoms with E-state index in [1.165, 1.54) is 26.4 Å². The Labute approximate surface area is 283 Å². The van der Waals surface area contributed by atoms with E-state index in [1.807, 2.05) is 18.2 Å². The molecule has 0 heterocycles. The van der Waals surface area contributed by atoms with Gasteiger partial charge in [-0.3, -0.25) is 9.59 Å². The lowest BCUT2D eigenvalue weighted by atomic mass is 9.92. The number of methoxy groups -OCH3 is 2. The lowest BCUT2D eigenvalue weighted by Crippen LogP contribution is -2.53. The maximum absolute atomic E-state index is 13.2. The molecule has 0 fully saturated rings. The highest BCUT2D eigenvalue weighted by Gasteiger charge is 2.71. The zero-order valence-corrected chi connectivity index (χ0v) is 26.8. The highest BCUT2D eigenvalue weighted by Crippen LogP contribution is 2.50. The van der Waals surface area contributed by atoms with Crippen LogP contribution in [0.3, 0.4) is 0 Å². The number of aromatic hydroxyl groups is 1. The molecular weight excluding hydrogens is 674 g/mol. The van der Waals surface area contributed by atoms with Crippen molar-refractivity contribution in [1.29, 1.82) is 0 Å². The number of alkyl halides is 6. The summed E-state index contributed by atoms with van der Waals surface area (Å²) in [7, 11) is 2.63. The Balaban J connectivity index is 0.000000474. The van der Waals surface area contributed by atoms with Gasteiger partial charge in [0.2, 0.25) is 0 Å². The van der Waals surface area contributed by atoms with Gasteiger partial charge in [0.25, 0.3) is 5.60 Å². The maximum atomic E-state index is 13.2. The second-order valence-corrected chi connectivity index (χ2v) is 10.8. The Morgan fingerprint density at radius 1 is 0.640 bits per heavy atom. The van der Waals surface area contributed by atoms with Crippen molar-refractivity contribution in [1.82, 2.24) is 0 Å². The predicted octanol–water partition coefficient (Wildman–Crippen LogP) is 6.89. The van der Waals surface area contributed by atoms with Crippen LogP contribution >= 0.6 is 0 Å². The summed E-state index contributed by atoms with van der Waals surface area (Å²) < 4.78 is 99.7. The number of phenols is 1. The average Bonchev–Trinajstić information content (AvgIpc) is 3.08. The first-order valence-corrected chi connectivity index (χ1v) is 14.9.